The molecular weight excluding hydrogens is 447 g/mol. The van der Waals surface area contributed by atoms with E-state index in [1.165, 1.54) is 18.2 Å². The van der Waals surface area contributed by atoms with Crippen molar-refractivity contribution in [1.82, 2.24) is 14.6 Å². The molecule has 2 heterocycles. The second-order valence-electron chi connectivity index (χ2n) is 8.53. The molecule has 8 heteroatoms. The van der Waals surface area contributed by atoms with E-state index in [4.69, 9.17) is 10.3 Å². The maximum atomic E-state index is 13.9. The molecular formula is C27H29FN4O3. The van der Waals surface area contributed by atoms with E-state index in [-0.39, 0.29) is 17.0 Å². The van der Waals surface area contributed by atoms with Crippen LogP contribution in [0.4, 0.5) is 4.39 Å². The van der Waals surface area contributed by atoms with Gasteiger partial charge in [-0.25, -0.2) is 4.39 Å². The molecule has 35 heavy (non-hydrogen) atoms. The maximum Gasteiger partial charge on any atom is 0.264 e. The first kappa shape index (κ1) is 24.3. The zero-order valence-electron chi connectivity index (χ0n) is 19.9. The number of benzene rings is 2. The van der Waals surface area contributed by atoms with Crippen LogP contribution in [0, 0.1) is 12.7 Å². The van der Waals surface area contributed by atoms with Crippen LogP contribution >= 0.6 is 0 Å². The summed E-state index contributed by atoms with van der Waals surface area (Å²) in [5.74, 6) is -0.806. The second kappa shape index (κ2) is 10.7. The topological polar surface area (TPSA) is 94.4 Å². The van der Waals surface area contributed by atoms with Crippen molar-refractivity contribution in [1.29, 1.82) is 0 Å². The van der Waals surface area contributed by atoms with Crippen LogP contribution in [-0.4, -0.2) is 33.6 Å². The van der Waals surface area contributed by atoms with Gasteiger partial charge in [0.15, 0.2) is 5.58 Å². The number of carbonyl (C=O) groups excluding carboxylic acids is 1. The molecule has 2 aromatic carbocycles. The van der Waals surface area contributed by atoms with Crippen LogP contribution in [0.25, 0.3) is 11.0 Å². The van der Waals surface area contributed by atoms with Gasteiger partial charge in [-0.1, -0.05) is 48.5 Å². The number of fused-ring (bicyclic) bond motifs is 1. The van der Waals surface area contributed by atoms with Crippen LogP contribution in [0.3, 0.4) is 0 Å². The SMILES string of the molecule is CCC(c1cc2onc(C)c2c(=O)n1Cc1ccccc1)N(CCCN)C(=O)c1cccc(F)c1. The Labute approximate surface area is 202 Å². The van der Waals surface area contributed by atoms with Crippen LogP contribution in [0.2, 0.25) is 0 Å². The minimum absolute atomic E-state index is 0.226. The standard InChI is InChI=1S/C27H29FN4O3/c1-3-22(31(14-8-13-29)26(33)20-11-7-12-21(28)15-20)23-16-24-25(18(2)30-35-24)27(34)32(23)17-19-9-5-4-6-10-19/h4-7,9-12,15-16,22H,3,8,13-14,17,29H2,1-2H3. The molecule has 1 amide bonds. The molecule has 4 rings (SSSR count). The van der Waals surface area contributed by atoms with Crippen LogP contribution in [0.1, 0.15) is 53.1 Å². The summed E-state index contributed by atoms with van der Waals surface area (Å²) in [6.45, 7) is 4.76. The summed E-state index contributed by atoms with van der Waals surface area (Å²) in [7, 11) is 0. The zero-order valence-corrected chi connectivity index (χ0v) is 19.9. The molecule has 182 valence electrons. The van der Waals surface area contributed by atoms with Gasteiger partial charge in [-0.05, 0) is 50.1 Å². The van der Waals surface area contributed by atoms with Gasteiger partial charge in [0.25, 0.3) is 11.5 Å². The van der Waals surface area contributed by atoms with Crippen molar-refractivity contribution >= 4 is 16.9 Å². The second-order valence-corrected chi connectivity index (χ2v) is 8.53. The molecule has 0 aliphatic heterocycles. The van der Waals surface area contributed by atoms with Gasteiger partial charge in [0.1, 0.15) is 11.2 Å². The lowest BCUT2D eigenvalue weighted by Crippen LogP contribution is -2.39. The molecule has 4 aromatic rings. The van der Waals surface area contributed by atoms with E-state index in [0.717, 1.165) is 5.56 Å². The van der Waals surface area contributed by atoms with E-state index in [1.54, 1.807) is 28.5 Å². The Morgan fingerprint density at radius 3 is 2.63 bits per heavy atom. The first-order valence-electron chi connectivity index (χ1n) is 11.7. The van der Waals surface area contributed by atoms with Crippen molar-refractivity contribution in [2.24, 2.45) is 5.73 Å². The molecule has 1 unspecified atom stereocenters. The number of hydrogen-bond acceptors (Lipinski definition) is 5. The molecule has 0 radical (unpaired) electrons. The Morgan fingerprint density at radius 2 is 1.94 bits per heavy atom. The lowest BCUT2D eigenvalue weighted by atomic mass is 10.0. The van der Waals surface area contributed by atoms with Gasteiger partial charge in [0, 0.05) is 23.9 Å². The van der Waals surface area contributed by atoms with Crippen molar-refractivity contribution in [3.05, 3.63) is 99.3 Å². The number of halogens is 1. The molecule has 0 bridgehead atoms. The van der Waals surface area contributed by atoms with Crippen LogP contribution < -0.4 is 11.3 Å². The quantitative estimate of drug-likeness (QED) is 0.386. The van der Waals surface area contributed by atoms with Crippen molar-refractivity contribution in [2.45, 2.75) is 39.3 Å². The number of rotatable bonds is 9. The van der Waals surface area contributed by atoms with E-state index < -0.39 is 11.9 Å². The van der Waals surface area contributed by atoms with E-state index in [1.807, 2.05) is 37.3 Å². The number of nitrogens with zero attached hydrogens (tertiary/aromatic N) is 3. The molecule has 2 aromatic heterocycles. The number of pyridine rings is 1. The van der Waals surface area contributed by atoms with Gasteiger partial charge in [0.2, 0.25) is 0 Å². The highest BCUT2D eigenvalue weighted by atomic mass is 19.1. The monoisotopic (exact) mass is 476 g/mol. The highest BCUT2D eigenvalue weighted by Crippen LogP contribution is 2.29. The fourth-order valence-electron chi connectivity index (χ4n) is 4.45. The number of aromatic nitrogens is 2. The van der Waals surface area contributed by atoms with Gasteiger partial charge >= 0.3 is 0 Å². The molecule has 1 atom stereocenters. The molecule has 0 spiro atoms. The third-order valence-corrected chi connectivity index (χ3v) is 6.16. The average Bonchev–Trinajstić information content (AvgIpc) is 3.24. The van der Waals surface area contributed by atoms with Crippen LogP contribution in [0.5, 0.6) is 0 Å². The Morgan fingerprint density at radius 1 is 1.17 bits per heavy atom. The number of amides is 1. The van der Waals surface area contributed by atoms with E-state index in [9.17, 15) is 14.0 Å². The summed E-state index contributed by atoms with van der Waals surface area (Å²) in [6.07, 6.45) is 1.09. The summed E-state index contributed by atoms with van der Waals surface area (Å²) in [5, 5.41) is 4.41. The van der Waals surface area contributed by atoms with E-state index >= 15 is 0 Å². The lowest BCUT2D eigenvalue weighted by molar-refractivity contribution is 0.0660. The summed E-state index contributed by atoms with van der Waals surface area (Å²) in [4.78, 5) is 28.9. The first-order valence-corrected chi connectivity index (χ1v) is 11.7. The third kappa shape index (κ3) is 5.02. The highest BCUT2D eigenvalue weighted by Gasteiger charge is 2.29. The number of carbonyl (C=O) groups is 1. The summed E-state index contributed by atoms with van der Waals surface area (Å²) < 4.78 is 21.1. The molecule has 0 aliphatic carbocycles. The van der Waals surface area contributed by atoms with Crippen molar-refractivity contribution < 1.29 is 13.7 Å². The predicted molar refractivity (Wildman–Crippen MR) is 133 cm³/mol. The molecule has 0 saturated carbocycles. The minimum Gasteiger partial charge on any atom is -0.356 e. The van der Waals surface area contributed by atoms with Crippen LogP contribution in [0.15, 0.2) is 70.0 Å². The van der Waals surface area contributed by atoms with Gasteiger partial charge in [-0.15, -0.1) is 0 Å². The Hall–Kier alpha value is -3.78. The fourth-order valence-corrected chi connectivity index (χ4v) is 4.45. The minimum atomic E-state index is -0.484. The molecule has 0 saturated heterocycles. The molecule has 2 N–H and O–H groups in total. The van der Waals surface area contributed by atoms with Gasteiger partial charge in [-0.3, -0.25) is 9.59 Å². The Balaban J connectivity index is 1.88. The fraction of sp³-hybridized carbons (Fsp3) is 0.296. The largest absolute Gasteiger partial charge is 0.356 e. The molecule has 0 aliphatic rings. The van der Waals surface area contributed by atoms with E-state index in [2.05, 4.69) is 5.16 Å². The number of hydrogen-bond donors (Lipinski definition) is 1. The first-order chi connectivity index (χ1) is 16.9. The van der Waals surface area contributed by atoms with E-state index in [0.29, 0.717) is 54.8 Å². The van der Waals surface area contributed by atoms with Crippen molar-refractivity contribution in [2.75, 3.05) is 13.1 Å². The molecule has 7 nitrogen and oxygen atoms in total. The average molecular weight is 477 g/mol. The van der Waals surface area contributed by atoms with Gasteiger partial charge in [-0.2, -0.15) is 0 Å². The summed E-state index contributed by atoms with van der Waals surface area (Å²) >= 11 is 0. The smallest absolute Gasteiger partial charge is 0.264 e. The molecule has 0 fully saturated rings. The Kier molecular flexibility index (Phi) is 7.41. The lowest BCUT2D eigenvalue weighted by Gasteiger charge is -2.33. The number of aryl methyl sites for hydroxylation is 1. The van der Waals surface area contributed by atoms with Gasteiger partial charge in [0.05, 0.1) is 18.3 Å². The van der Waals surface area contributed by atoms with Crippen molar-refractivity contribution in [3.8, 4) is 0 Å². The Bertz CT molecular complexity index is 1380. The summed E-state index contributed by atoms with van der Waals surface area (Å²) in [5.41, 5.74) is 8.27. The van der Waals surface area contributed by atoms with Gasteiger partial charge < -0.3 is 19.7 Å². The summed E-state index contributed by atoms with van der Waals surface area (Å²) in [6, 6.07) is 16.6. The normalized spacial score (nSPS) is 12.1. The van der Waals surface area contributed by atoms with Crippen LogP contribution in [-0.2, 0) is 6.54 Å². The third-order valence-electron chi connectivity index (χ3n) is 6.16. The predicted octanol–water partition coefficient (Wildman–Crippen LogP) is 4.43. The maximum absolute atomic E-state index is 13.9. The highest BCUT2D eigenvalue weighted by molar-refractivity contribution is 5.94. The van der Waals surface area contributed by atoms with Crippen molar-refractivity contribution in [3.63, 3.8) is 0 Å². The number of nitrogens with two attached hydrogens (primary N) is 1. The zero-order chi connectivity index (χ0) is 24.9.